The molecule has 8 nitrogen and oxygen atoms in total. The molecule has 0 unspecified atom stereocenters. The highest BCUT2D eigenvalue weighted by atomic mass is 16.2. The Hall–Kier alpha value is -2.51. The lowest BCUT2D eigenvalue weighted by Crippen LogP contribution is -2.49. The second kappa shape index (κ2) is 5.86. The Morgan fingerprint density at radius 2 is 2.00 bits per heavy atom. The molecule has 1 aliphatic heterocycles. The van der Waals surface area contributed by atoms with Gasteiger partial charge in [-0.05, 0) is 19.1 Å². The van der Waals surface area contributed by atoms with Gasteiger partial charge in [0.15, 0.2) is 5.82 Å². The first-order valence-corrected chi connectivity index (χ1v) is 6.88. The number of carbonyl (C=O) groups is 1. The normalized spacial score (nSPS) is 15.3. The Bertz CT molecular complexity index is 587. The second-order valence-corrected chi connectivity index (χ2v) is 4.99. The van der Waals surface area contributed by atoms with Crippen molar-refractivity contribution in [2.75, 3.05) is 31.1 Å². The lowest BCUT2D eigenvalue weighted by molar-refractivity contribution is -0.132. The highest BCUT2D eigenvalue weighted by Gasteiger charge is 2.22. The molecule has 0 spiro atoms. The summed E-state index contributed by atoms with van der Waals surface area (Å²) in [7, 11) is 0. The minimum atomic E-state index is 0.0649. The summed E-state index contributed by atoms with van der Waals surface area (Å²) in [6, 6.07) is 3.92. The third kappa shape index (κ3) is 3.15. The van der Waals surface area contributed by atoms with E-state index < -0.39 is 0 Å². The molecule has 2 aromatic rings. The predicted molar refractivity (Wildman–Crippen MR) is 75.6 cm³/mol. The fraction of sp³-hybridized carbons (Fsp3) is 0.462. The van der Waals surface area contributed by atoms with Gasteiger partial charge in [-0.3, -0.25) is 4.79 Å². The molecule has 3 heterocycles. The van der Waals surface area contributed by atoms with Crippen LogP contribution in [0.15, 0.2) is 24.8 Å². The fourth-order valence-corrected chi connectivity index (χ4v) is 2.30. The van der Waals surface area contributed by atoms with Gasteiger partial charge in [0.25, 0.3) is 0 Å². The van der Waals surface area contributed by atoms with Crippen LogP contribution in [0.4, 0.5) is 5.82 Å². The van der Waals surface area contributed by atoms with Crippen LogP contribution in [0.1, 0.15) is 5.69 Å². The van der Waals surface area contributed by atoms with Gasteiger partial charge in [-0.1, -0.05) is 0 Å². The first kappa shape index (κ1) is 13.5. The first-order valence-electron chi connectivity index (χ1n) is 6.88. The molecular weight excluding hydrogens is 270 g/mol. The van der Waals surface area contributed by atoms with Gasteiger partial charge >= 0.3 is 0 Å². The fourth-order valence-electron chi connectivity index (χ4n) is 2.30. The van der Waals surface area contributed by atoms with Crippen LogP contribution in [-0.2, 0) is 11.3 Å². The van der Waals surface area contributed by atoms with Crippen LogP contribution < -0.4 is 4.90 Å². The van der Waals surface area contributed by atoms with E-state index in [-0.39, 0.29) is 12.5 Å². The maximum Gasteiger partial charge on any atom is 0.244 e. The Morgan fingerprint density at radius 1 is 1.19 bits per heavy atom. The third-order valence-corrected chi connectivity index (χ3v) is 3.50. The number of anilines is 1. The monoisotopic (exact) mass is 287 g/mol. The van der Waals surface area contributed by atoms with E-state index >= 15 is 0 Å². The van der Waals surface area contributed by atoms with Crippen LogP contribution in [-0.4, -0.2) is 61.9 Å². The van der Waals surface area contributed by atoms with Crippen LogP contribution >= 0.6 is 0 Å². The van der Waals surface area contributed by atoms with Crippen molar-refractivity contribution in [3.8, 4) is 0 Å². The van der Waals surface area contributed by atoms with Crippen molar-refractivity contribution in [2.45, 2.75) is 13.5 Å². The predicted octanol–water partition coefficient (Wildman–Crippen LogP) is -0.275. The van der Waals surface area contributed by atoms with Crippen molar-refractivity contribution >= 4 is 11.7 Å². The van der Waals surface area contributed by atoms with E-state index in [0.717, 1.165) is 24.6 Å². The quantitative estimate of drug-likeness (QED) is 0.773. The number of hydrogen-bond acceptors (Lipinski definition) is 6. The van der Waals surface area contributed by atoms with Gasteiger partial charge in [0, 0.05) is 26.2 Å². The lowest BCUT2D eigenvalue weighted by Gasteiger charge is -2.35. The van der Waals surface area contributed by atoms with Gasteiger partial charge in [-0.25, -0.2) is 9.67 Å². The molecule has 0 atom stereocenters. The maximum atomic E-state index is 12.1. The topological polar surface area (TPSA) is 80.0 Å². The number of piperazine rings is 1. The van der Waals surface area contributed by atoms with Gasteiger partial charge in [0.1, 0.15) is 19.2 Å². The molecule has 8 heteroatoms. The Labute approximate surface area is 122 Å². The zero-order valence-electron chi connectivity index (χ0n) is 11.9. The molecule has 110 valence electrons. The zero-order valence-corrected chi connectivity index (χ0v) is 11.9. The number of carbonyl (C=O) groups excluding carboxylic acids is 1. The minimum Gasteiger partial charge on any atom is -0.352 e. The van der Waals surface area contributed by atoms with Gasteiger partial charge in [0.05, 0.1) is 5.69 Å². The van der Waals surface area contributed by atoms with Crippen molar-refractivity contribution in [2.24, 2.45) is 0 Å². The van der Waals surface area contributed by atoms with E-state index in [4.69, 9.17) is 0 Å². The average molecular weight is 287 g/mol. The van der Waals surface area contributed by atoms with Crippen LogP contribution in [0.5, 0.6) is 0 Å². The SMILES string of the molecule is Cc1ccc(N2CCN(C(=O)Cn3cncn3)CC2)nn1. The van der Waals surface area contributed by atoms with Crippen molar-refractivity contribution in [1.29, 1.82) is 0 Å². The molecule has 0 aromatic carbocycles. The summed E-state index contributed by atoms with van der Waals surface area (Å²) in [6.45, 7) is 5.05. The Balaban J connectivity index is 1.55. The molecule has 0 saturated carbocycles. The number of hydrogen-bond donors (Lipinski definition) is 0. The van der Waals surface area contributed by atoms with Crippen LogP contribution in [0, 0.1) is 6.92 Å². The molecule has 1 saturated heterocycles. The first-order chi connectivity index (χ1) is 10.2. The second-order valence-electron chi connectivity index (χ2n) is 4.99. The van der Waals surface area contributed by atoms with Crippen LogP contribution in [0.3, 0.4) is 0 Å². The molecule has 0 N–H and O–H groups in total. The molecule has 0 bridgehead atoms. The average Bonchev–Trinajstić information content (AvgIpc) is 3.01. The molecule has 0 aliphatic carbocycles. The van der Waals surface area contributed by atoms with Crippen molar-refractivity contribution in [3.05, 3.63) is 30.5 Å². The summed E-state index contributed by atoms with van der Waals surface area (Å²) >= 11 is 0. The maximum absolute atomic E-state index is 12.1. The summed E-state index contributed by atoms with van der Waals surface area (Å²) in [6.07, 6.45) is 2.98. The van der Waals surface area contributed by atoms with E-state index in [0.29, 0.717) is 13.1 Å². The number of aromatic nitrogens is 5. The summed E-state index contributed by atoms with van der Waals surface area (Å²) in [5.41, 5.74) is 0.903. The van der Waals surface area contributed by atoms with Gasteiger partial charge in [-0.15, -0.1) is 5.10 Å². The van der Waals surface area contributed by atoms with Crippen molar-refractivity contribution in [3.63, 3.8) is 0 Å². The number of nitrogens with zero attached hydrogens (tertiary/aromatic N) is 7. The standard InChI is InChI=1S/C13H17N7O/c1-11-2-3-12(17-16-11)18-4-6-19(7-5-18)13(21)8-20-10-14-9-15-20/h2-3,9-10H,4-8H2,1H3. The number of rotatable bonds is 3. The zero-order chi connectivity index (χ0) is 14.7. The molecule has 3 rings (SSSR count). The van der Waals surface area contributed by atoms with E-state index in [2.05, 4.69) is 25.2 Å². The van der Waals surface area contributed by atoms with Crippen LogP contribution in [0.2, 0.25) is 0 Å². The van der Waals surface area contributed by atoms with Gasteiger partial charge in [-0.2, -0.15) is 10.2 Å². The van der Waals surface area contributed by atoms with E-state index in [9.17, 15) is 4.79 Å². The molecule has 0 radical (unpaired) electrons. The summed E-state index contributed by atoms with van der Waals surface area (Å²) in [5, 5.41) is 12.2. The Kier molecular flexibility index (Phi) is 3.76. The number of aryl methyl sites for hydroxylation is 1. The highest BCUT2D eigenvalue weighted by molar-refractivity contribution is 5.76. The van der Waals surface area contributed by atoms with Gasteiger partial charge in [0.2, 0.25) is 5.91 Å². The largest absolute Gasteiger partial charge is 0.352 e. The van der Waals surface area contributed by atoms with E-state index in [1.54, 1.807) is 11.0 Å². The summed E-state index contributed by atoms with van der Waals surface area (Å²) < 4.78 is 1.54. The Morgan fingerprint density at radius 3 is 2.62 bits per heavy atom. The smallest absolute Gasteiger partial charge is 0.244 e. The van der Waals surface area contributed by atoms with Crippen molar-refractivity contribution < 1.29 is 4.79 Å². The highest BCUT2D eigenvalue weighted by Crippen LogP contribution is 2.12. The molecule has 1 amide bonds. The van der Waals surface area contributed by atoms with E-state index in [1.165, 1.54) is 6.33 Å². The lowest BCUT2D eigenvalue weighted by atomic mass is 10.3. The van der Waals surface area contributed by atoms with E-state index in [1.807, 2.05) is 24.0 Å². The van der Waals surface area contributed by atoms with Crippen molar-refractivity contribution in [1.82, 2.24) is 29.9 Å². The molecule has 21 heavy (non-hydrogen) atoms. The number of amides is 1. The third-order valence-electron chi connectivity index (χ3n) is 3.50. The minimum absolute atomic E-state index is 0.0649. The molecule has 2 aromatic heterocycles. The summed E-state index contributed by atoms with van der Waals surface area (Å²) in [4.78, 5) is 20.0. The van der Waals surface area contributed by atoms with Gasteiger partial charge < -0.3 is 9.80 Å². The molecule has 1 fully saturated rings. The molecular formula is C13H17N7O. The van der Waals surface area contributed by atoms with Crippen LogP contribution in [0.25, 0.3) is 0 Å². The molecule has 1 aliphatic rings. The summed E-state index contributed by atoms with van der Waals surface area (Å²) in [5.74, 6) is 0.930.